The smallest absolute Gasteiger partial charge is 0.0991 e. The number of nitriles is 1. The molecule has 0 N–H and O–H groups in total. The van der Waals surface area contributed by atoms with Crippen LogP contribution in [0.25, 0.3) is 6.08 Å². The Labute approximate surface area is 83.3 Å². The molecular formula is C11H10ClN. The normalized spacial score (nSPS) is 11.0. The number of nitrogens with zero attached hydrogens (tertiary/aromatic N) is 1. The maximum atomic E-state index is 8.57. The molecule has 2 heteroatoms. The molecule has 1 nitrogen and oxygen atoms in total. The molecule has 0 saturated carbocycles. The van der Waals surface area contributed by atoms with E-state index in [1.54, 1.807) is 12.1 Å². The Kier molecular flexibility index (Phi) is 3.54. The van der Waals surface area contributed by atoms with Crippen LogP contribution in [0.15, 0.2) is 29.8 Å². The first kappa shape index (κ1) is 9.83. The van der Waals surface area contributed by atoms with Crippen LogP contribution in [0.2, 0.25) is 0 Å². The predicted molar refractivity (Wildman–Crippen MR) is 55.5 cm³/mol. The highest BCUT2D eigenvalue weighted by Crippen LogP contribution is 2.08. The highest BCUT2D eigenvalue weighted by Gasteiger charge is 1.91. The third kappa shape index (κ3) is 2.93. The SMILES string of the molecule is CC(=Cc1ccc(C#N)cc1)CCl. The molecule has 0 fully saturated rings. The van der Waals surface area contributed by atoms with Gasteiger partial charge in [-0.15, -0.1) is 11.6 Å². The maximum Gasteiger partial charge on any atom is 0.0991 e. The van der Waals surface area contributed by atoms with Crippen LogP contribution in [0.1, 0.15) is 18.1 Å². The van der Waals surface area contributed by atoms with Crippen LogP contribution in [-0.2, 0) is 0 Å². The number of hydrogen-bond donors (Lipinski definition) is 0. The molecule has 0 bridgehead atoms. The second kappa shape index (κ2) is 4.69. The zero-order valence-corrected chi connectivity index (χ0v) is 8.17. The average molecular weight is 192 g/mol. The largest absolute Gasteiger partial charge is 0.192 e. The zero-order valence-electron chi connectivity index (χ0n) is 7.42. The van der Waals surface area contributed by atoms with Crippen molar-refractivity contribution in [3.63, 3.8) is 0 Å². The van der Waals surface area contributed by atoms with E-state index in [1.807, 2.05) is 25.1 Å². The van der Waals surface area contributed by atoms with Crippen LogP contribution in [0, 0.1) is 11.3 Å². The molecule has 0 aliphatic carbocycles. The van der Waals surface area contributed by atoms with Crippen LogP contribution in [0.4, 0.5) is 0 Å². The van der Waals surface area contributed by atoms with E-state index in [0.29, 0.717) is 11.4 Å². The molecule has 0 amide bonds. The number of halogens is 1. The van der Waals surface area contributed by atoms with Gasteiger partial charge in [0.2, 0.25) is 0 Å². The van der Waals surface area contributed by atoms with Crippen molar-refractivity contribution < 1.29 is 0 Å². The van der Waals surface area contributed by atoms with E-state index in [4.69, 9.17) is 16.9 Å². The van der Waals surface area contributed by atoms with Crippen LogP contribution in [0.5, 0.6) is 0 Å². The summed E-state index contributed by atoms with van der Waals surface area (Å²) in [4.78, 5) is 0. The molecule has 1 aromatic carbocycles. The van der Waals surface area contributed by atoms with Crippen molar-refractivity contribution >= 4 is 17.7 Å². The Morgan fingerprint density at radius 2 is 2.08 bits per heavy atom. The van der Waals surface area contributed by atoms with Gasteiger partial charge in [-0.3, -0.25) is 0 Å². The predicted octanol–water partition coefficient (Wildman–Crippen LogP) is 3.20. The van der Waals surface area contributed by atoms with Crippen molar-refractivity contribution in [1.82, 2.24) is 0 Å². The fourth-order valence-corrected chi connectivity index (χ4v) is 1.05. The summed E-state index contributed by atoms with van der Waals surface area (Å²) in [6, 6.07) is 9.50. The topological polar surface area (TPSA) is 23.8 Å². The summed E-state index contributed by atoms with van der Waals surface area (Å²) < 4.78 is 0. The highest BCUT2D eigenvalue weighted by atomic mass is 35.5. The van der Waals surface area contributed by atoms with Crippen LogP contribution in [-0.4, -0.2) is 5.88 Å². The Balaban J connectivity index is 2.88. The molecule has 0 radical (unpaired) electrons. The lowest BCUT2D eigenvalue weighted by Crippen LogP contribution is -1.79. The van der Waals surface area contributed by atoms with Gasteiger partial charge in [-0.05, 0) is 24.6 Å². The van der Waals surface area contributed by atoms with E-state index in [1.165, 1.54) is 0 Å². The third-order valence-electron chi connectivity index (χ3n) is 1.66. The van der Waals surface area contributed by atoms with Gasteiger partial charge in [0.05, 0.1) is 11.6 Å². The lowest BCUT2D eigenvalue weighted by atomic mass is 10.1. The van der Waals surface area contributed by atoms with Crippen LogP contribution < -0.4 is 0 Å². The second-order valence-electron chi connectivity index (χ2n) is 2.86. The van der Waals surface area contributed by atoms with E-state index in [-0.39, 0.29) is 0 Å². The van der Waals surface area contributed by atoms with Gasteiger partial charge in [0.1, 0.15) is 0 Å². The summed E-state index contributed by atoms with van der Waals surface area (Å²) in [5, 5.41) is 8.57. The van der Waals surface area contributed by atoms with Crippen molar-refractivity contribution in [3.05, 3.63) is 41.0 Å². The lowest BCUT2D eigenvalue weighted by molar-refractivity contribution is 1.42. The number of allylic oxidation sites excluding steroid dienone is 1. The average Bonchev–Trinajstić information content (AvgIpc) is 2.19. The van der Waals surface area contributed by atoms with Crippen molar-refractivity contribution in [1.29, 1.82) is 5.26 Å². The van der Waals surface area contributed by atoms with Gasteiger partial charge in [0.25, 0.3) is 0 Å². The summed E-state index contributed by atoms with van der Waals surface area (Å²) in [7, 11) is 0. The van der Waals surface area contributed by atoms with Gasteiger partial charge in [-0.25, -0.2) is 0 Å². The molecular weight excluding hydrogens is 182 g/mol. The first-order valence-corrected chi connectivity index (χ1v) is 4.53. The van der Waals surface area contributed by atoms with E-state index in [2.05, 4.69) is 6.07 Å². The van der Waals surface area contributed by atoms with Gasteiger partial charge in [-0.2, -0.15) is 5.26 Å². The zero-order chi connectivity index (χ0) is 9.68. The first-order valence-electron chi connectivity index (χ1n) is 3.99. The quantitative estimate of drug-likeness (QED) is 0.659. The van der Waals surface area contributed by atoms with Crippen molar-refractivity contribution in [2.24, 2.45) is 0 Å². The summed E-state index contributed by atoms with van der Waals surface area (Å²) in [5.41, 5.74) is 2.88. The molecule has 0 saturated heterocycles. The summed E-state index contributed by atoms with van der Waals surface area (Å²) in [5.74, 6) is 0.542. The number of benzene rings is 1. The van der Waals surface area contributed by atoms with E-state index < -0.39 is 0 Å². The molecule has 13 heavy (non-hydrogen) atoms. The van der Waals surface area contributed by atoms with E-state index in [9.17, 15) is 0 Å². The molecule has 0 aliphatic rings. The molecule has 66 valence electrons. The molecule has 0 unspecified atom stereocenters. The van der Waals surface area contributed by atoms with Gasteiger partial charge in [0.15, 0.2) is 0 Å². The number of rotatable bonds is 2. The molecule has 1 rings (SSSR count). The van der Waals surface area contributed by atoms with Crippen molar-refractivity contribution in [2.75, 3.05) is 5.88 Å². The number of hydrogen-bond acceptors (Lipinski definition) is 1. The minimum Gasteiger partial charge on any atom is -0.192 e. The van der Waals surface area contributed by atoms with Crippen molar-refractivity contribution in [3.8, 4) is 6.07 Å². The summed E-state index contributed by atoms with van der Waals surface area (Å²) in [6.45, 7) is 1.98. The summed E-state index contributed by atoms with van der Waals surface area (Å²) >= 11 is 5.64. The minimum atomic E-state index is 0.542. The second-order valence-corrected chi connectivity index (χ2v) is 3.13. The van der Waals surface area contributed by atoms with Crippen LogP contribution in [0.3, 0.4) is 0 Å². The first-order chi connectivity index (χ1) is 6.26. The standard InChI is InChI=1S/C11H10ClN/c1-9(7-12)6-10-2-4-11(8-13)5-3-10/h2-6H,7H2,1H3. The molecule has 0 aromatic heterocycles. The maximum absolute atomic E-state index is 8.57. The fourth-order valence-electron chi connectivity index (χ4n) is 0.977. The van der Waals surface area contributed by atoms with Gasteiger partial charge >= 0.3 is 0 Å². The minimum absolute atomic E-state index is 0.542. The number of alkyl halides is 1. The molecule has 1 aromatic rings. The molecule has 0 atom stereocenters. The van der Waals surface area contributed by atoms with Gasteiger partial charge in [0, 0.05) is 5.88 Å². The lowest BCUT2D eigenvalue weighted by Gasteiger charge is -1.95. The fraction of sp³-hybridized carbons (Fsp3) is 0.182. The van der Waals surface area contributed by atoms with Gasteiger partial charge in [-0.1, -0.05) is 23.8 Å². The van der Waals surface area contributed by atoms with Gasteiger partial charge < -0.3 is 0 Å². The Hall–Kier alpha value is -1.26. The third-order valence-corrected chi connectivity index (χ3v) is 2.09. The highest BCUT2D eigenvalue weighted by molar-refractivity contribution is 6.19. The summed E-state index contributed by atoms with van der Waals surface area (Å²) in [6.07, 6.45) is 2.01. The Morgan fingerprint density at radius 3 is 2.54 bits per heavy atom. The molecule has 0 aliphatic heterocycles. The monoisotopic (exact) mass is 191 g/mol. The van der Waals surface area contributed by atoms with E-state index in [0.717, 1.165) is 11.1 Å². The Bertz CT molecular complexity index is 343. The van der Waals surface area contributed by atoms with E-state index >= 15 is 0 Å². The van der Waals surface area contributed by atoms with Crippen molar-refractivity contribution in [2.45, 2.75) is 6.92 Å². The molecule has 0 spiro atoms. The molecule has 0 heterocycles. The van der Waals surface area contributed by atoms with Crippen LogP contribution >= 0.6 is 11.6 Å². The Morgan fingerprint density at radius 1 is 1.46 bits per heavy atom.